The summed E-state index contributed by atoms with van der Waals surface area (Å²) in [6.07, 6.45) is 1.93. The van der Waals surface area contributed by atoms with Crippen LogP contribution < -0.4 is 5.32 Å². The average molecular weight is 509 g/mol. The van der Waals surface area contributed by atoms with Crippen LogP contribution in [0, 0.1) is 6.92 Å². The molecule has 0 aliphatic heterocycles. The highest BCUT2D eigenvalue weighted by Crippen LogP contribution is 2.28. The third kappa shape index (κ3) is 6.05. The van der Waals surface area contributed by atoms with Gasteiger partial charge in [0.2, 0.25) is 15.9 Å². The summed E-state index contributed by atoms with van der Waals surface area (Å²) in [6.45, 7) is 1.32. The molecule has 1 N–H and O–H groups in total. The minimum Gasteiger partial charge on any atom is -0.325 e. The van der Waals surface area contributed by atoms with Crippen LogP contribution in [0.1, 0.15) is 11.1 Å². The van der Waals surface area contributed by atoms with Crippen molar-refractivity contribution in [3.63, 3.8) is 0 Å². The van der Waals surface area contributed by atoms with Gasteiger partial charge in [0, 0.05) is 32.7 Å². The first-order valence-corrected chi connectivity index (χ1v) is 13.1. The first-order valence-electron chi connectivity index (χ1n) is 9.64. The fourth-order valence-electron chi connectivity index (χ4n) is 3.01. The number of thioether (sulfide) groups is 1. The van der Waals surface area contributed by atoms with Gasteiger partial charge in [0.05, 0.1) is 11.4 Å². The highest BCUT2D eigenvalue weighted by molar-refractivity contribution is 7.98. The lowest BCUT2D eigenvalue weighted by atomic mass is 10.2. The van der Waals surface area contributed by atoms with Crippen LogP contribution in [0.15, 0.2) is 76.5 Å². The molecule has 0 radical (unpaired) electrons. The van der Waals surface area contributed by atoms with E-state index in [1.54, 1.807) is 48.2 Å². The number of hydrogen-bond donors (Lipinski definition) is 1. The molecule has 0 aliphatic carbocycles. The minimum absolute atomic E-state index is 0.0865. The molecule has 168 valence electrons. The van der Waals surface area contributed by atoms with Gasteiger partial charge in [0.25, 0.3) is 0 Å². The number of halogens is 2. The molecule has 0 aliphatic rings. The summed E-state index contributed by atoms with van der Waals surface area (Å²) in [7, 11) is -4.00. The SMILES string of the molecule is CSc1cccc(NC(=O)CN(Cc2c(Cl)cccc2Cl)S(=O)(=O)c2ccc(C)cc2)c1. The van der Waals surface area contributed by atoms with Crippen molar-refractivity contribution < 1.29 is 13.2 Å². The predicted octanol–water partition coefficient (Wildman–Crippen LogP) is 5.85. The largest absolute Gasteiger partial charge is 0.325 e. The van der Waals surface area contributed by atoms with Gasteiger partial charge in [0.1, 0.15) is 0 Å². The number of sulfonamides is 1. The van der Waals surface area contributed by atoms with Gasteiger partial charge < -0.3 is 5.32 Å². The second-order valence-corrected chi connectivity index (χ2v) is 10.7. The van der Waals surface area contributed by atoms with Crippen LogP contribution in [0.25, 0.3) is 0 Å². The number of nitrogens with zero attached hydrogens (tertiary/aromatic N) is 1. The third-order valence-electron chi connectivity index (χ3n) is 4.73. The first kappa shape index (κ1) is 24.6. The van der Waals surface area contributed by atoms with Crippen LogP contribution in [0.5, 0.6) is 0 Å². The average Bonchev–Trinajstić information content (AvgIpc) is 2.76. The lowest BCUT2D eigenvalue weighted by Gasteiger charge is -2.23. The maximum atomic E-state index is 13.4. The van der Waals surface area contributed by atoms with Crippen LogP contribution in [0.4, 0.5) is 5.69 Å². The maximum Gasteiger partial charge on any atom is 0.243 e. The van der Waals surface area contributed by atoms with Crippen LogP contribution in [0.2, 0.25) is 10.0 Å². The van der Waals surface area contributed by atoms with Crippen LogP contribution >= 0.6 is 35.0 Å². The molecular weight excluding hydrogens is 487 g/mol. The molecule has 32 heavy (non-hydrogen) atoms. The summed E-state index contributed by atoms with van der Waals surface area (Å²) >= 11 is 14.1. The summed E-state index contributed by atoms with van der Waals surface area (Å²) in [5.41, 5.74) is 1.95. The van der Waals surface area contributed by atoms with Crippen LogP contribution in [-0.2, 0) is 21.4 Å². The number of anilines is 1. The van der Waals surface area contributed by atoms with Crippen molar-refractivity contribution in [1.29, 1.82) is 0 Å². The van der Waals surface area contributed by atoms with Crippen molar-refractivity contribution in [2.75, 3.05) is 18.1 Å². The van der Waals surface area contributed by atoms with Crippen molar-refractivity contribution in [3.05, 3.63) is 87.9 Å². The number of nitrogens with one attached hydrogen (secondary N) is 1. The van der Waals surface area contributed by atoms with Crippen molar-refractivity contribution >= 4 is 56.6 Å². The molecule has 3 aromatic rings. The summed E-state index contributed by atoms with van der Waals surface area (Å²) in [5.74, 6) is -0.470. The zero-order valence-corrected chi connectivity index (χ0v) is 20.7. The Kier molecular flexibility index (Phi) is 8.25. The topological polar surface area (TPSA) is 66.5 Å². The monoisotopic (exact) mass is 508 g/mol. The zero-order valence-electron chi connectivity index (χ0n) is 17.5. The molecule has 0 saturated heterocycles. The van der Waals surface area contributed by atoms with E-state index >= 15 is 0 Å². The minimum atomic E-state index is -4.00. The van der Waals surface area contributed by atoms with E-state index in [4.69, 9.17) is 23.2 Å². The van der Waals surface area contributed by atoms with Crippen LogP contribution in [-0.4, -0.2) is 31.4 Å². The Bertz CT molecular complexity index is 1200. The summed E-state index contributed by atoms with van der Waals surface area (Å²) in [5, 5.41) is 3.43. The zero-order chi connectivity index (χ0) is 23.3. The Morgan fingerprint density at radius 2 is 1.62 bits per heavy atom. The van der Waals surface area contributed by atoms with Gasteiger partial charge in [-0.3, -0.25) is 4.79 Å². The van der Waals surface area contributed by atoms with Crippen molar-refractivity contribution in [3.8, 4) is 0 Å². The number of benzene rings is 3. The number of aryl methyl sites for hydroxylation is 1. The van der Waals surface area contributed by atoms with Gasteiger partial charge in [-0.05, 0) is 55.6 Å². The van der Waals surface area contributed by atoms with Gasteiger partial charge in [-0.2, -0.15) is 4.31 Å². The third-order valence-corrected chi connectivity index (χ3v) is 7.97. The van der Waals surface area contributed by atoms with Crippen LogP contribution in [0.3, 0.4) is 0 Å². The normalized spacial score (nSPS) is 11.5. The molecule has 3 rings (SSSR count). The number of hydrogen-bond acceptors (Lipinski definition) is 4. The predicted molar refractivity (Wildman–Crippen MR) is 132 cm³/mol. The van der Waals surface area contributed by atoms with E-state index in [0.29, 0.717) is 21.3 Å². The van der Waals surface area contributed by atoms with Gasteiger partial charge in [0.15, 0.2) is 0 Å². The second kappa shape index (κ2) is 10.7. The Labute approximate surface area is 202 Å². The first-order chi connectivity index (χ1) is 15.2. The van der Waals surface area contributed by atoms with Crippen molar-refractivity contribution in [2.45, 2.75) is 23.3 Å². The molecule has 0 heterocycles. The number of amides is 1. The molecule has 9 heteroatoms. The van der Waals surface area contributed by atoms with E-state index in [1.165, 1.54) is 12.1 Å². The van der Waals surface area contributed by atoms with E-state index < -0.39 is 22.5 Å². The van der Waals surface area contributed by atoms with Crippen molar-refractivity contribution in [2.24, 2.45) is 0 Å². The molecule has 3 aromatic carbocycles. The Morgan fingerprint density at radius 1 is 1.00 bits per heavy atom. The standard InChI is InChI=1S/C23H22Cl2N2O3S2/c1-16-9-11-19(12-10-16)32(29,30)27(14-20-21(24)7-4-8-22(20)25)15-23(28)26-17-5-3-6-18(13-17)31-2/h3-13H,14-15H2,1-2H3,(H,26,28). The van der Waals surface area contributed by atoms with Crippen molar-refractivity contribution in [1.82, 2.24) is 4.31 Å². The molecule has 1 amide bonds. The van der Waals surface area contributed by atoms with E-state index in [2.05, 4.69) is 5.32 Å². The van der Waals surface area contributed by atoms with Gasteiger partial charge >= 0.3 is 0 Å². The number of rotatable bonds is 8. The number of carbonyl (C=O) groups excluding carboxylic acids is 1. The maximum absolute atomic E-state index is 13.4. The van der Waals surface area contributed by atoms with E-state index in [9.17, 15) is 13.2 Å². The van der Waals surface area contributed by atoms with Gasteiger partial charge in [-0.15, -0.1) is 11.8 Å². The fraction of sp³-hybridized carbons (Fsp3) is 0.174. The van der Waals surface area contributed by atoms with Gasteiger partial charge in [-0.1, -0.05) is 53.0 Å². The lowest BCUT2D eigenvalue weighted by Crippen LogP contribution is -2.37. The molecular formula is C23H22Cl2N2O3S2. The van der Waals surface area contributed by atoms with Gasteiger partial charge in [-0.25, -0.2) is 8.42 Å². The van der Waals surface area contributed by atoms with E-state index in [-0.39, 0.29) is 11.4 Å². The highest BCUT2D eigenvalue weighted by atomic mass is 35.5. The fourth-order valence-corrected chi connectivity index (χ4v) is 5.35. The Morgan fingerprint density at radius 3 is 2.25 bits per heavy atom. The Hall–Kier alpha value is -2.03. The molecule has 0 bridgehead atoms. The molecule has 0 saturated carbocycles. The smallest absolute Gasteiger partial charge is 0.243 e. The van der Waals surface area contributed by atoms with E-state index in [0.717, 1.165) is 14.8 Å². The molecule has 0 spiro atoms. The Balaban J connectivity index is 1.92. The molecule has 0 atom stereocenters. The number of carbonyl (C=O) groups is 1. The summed E-state index contributed by atoms with van der Waals surface area (Å²) in [4.78, 5) is 13.9. The highest BCUT2D eigenvalue weighted by Gasteiger charge is 2.28. The van der Waals surface area contributed by atoms with E-state index in [1.807, 2.05) is 31.4 Å². The lowest BCUT2D eigenvalue weighted by molar-refractivity contribution is -0.116. The molecule has 5 nitrogen and oxygen atoms in total. The molecule has 0 fully saturated rings. The summed E-state index contributed by atoms with van der Waals surface area (Å²) < 4.78 is 27.9. The second-order valence-electron chi connectivity index (χ2n) is 7.07. The molecule has 0 unspecified atom stereocenters. The quantitative estimate of drug-likeness (QED) is 0.387. The molecule has 0 aromatic heterocycles. The summed E-state index contributed by atoms with van der Waals surface area (Å²) in [6, 6.07) is 18.7.